The first kappa shape index (κ1) is 22.0. The molecule has 2 heteroatoms. The first-order valence-electron chi connectivity index (χ1n) is 11.1. The summed E-state index contributed by atoms with van der Waals surface area (Å²) in [6.45, 7) is 6.07. The number of rotatable bonds is 11. The van der Waals surface area contributed by atoms with Crippen molar-refractivity contribution in [2.45, 2.75) is 51.0 Å². The molecular weight excluding hydrogens is 366 g/mol. The van der Waals surface area contributed by atoms with Crippen LogP contribution < -0.4 is 0 Å². The molecular formula is C28H33NO. The van der Waals surface area contributed by atoms with Crippen LogP contribution in [0.5, 0.6) is 0 Å². The molecule has 0 spiro atoms. The predicted octanol–water partition coefficient (Wildman–Crippen LogP) is 6.86. The average molecular weight is 400 g/mol. The predicted molar refractivity (Wildman–Crippen MR) is 128 cm³/mol. The molecule has 0 saturated carbocycles. The van der Waals surface area contributed by atoms with Crippen LogP contribution in [-0.4, -0.2) is 16.2 Å². The van der Waals surface area contributed by atoms with Gasteiger partial charge < -0.3 is 5.11 Å². The molecule has 0 amide bonds. The zero-order chi connectivity index (χ0) is 21.2. The number of para-hydroxylation sites is 1. The van der Waals surface area contributed by atoms with Crippen molar-refractivity contribution in [1.29, 1.82) is 0 Å². The summed E-state index contributed by atoms with van der Waals surface area (Å²) in [5.74, 6) is 0.190. The van der Waals surface area contributed by atoms with E-state index in [4.69, 9.17) is 0 Å². The fourth-order valence-corrected chi connectivity index (χ4v) is 4.09. The Labute approximate surface area is 181 Å². The molecule has 1 heterocycles. The summed E-state index contributed by atoms with van der Waals surface area (Å²) in [5.41, 5.74) is 3.40. The van der Waals surface area contributed by atoms with Crippen molar-refractivity contribution in [3.8, 4) is 0 Å². The molecule has 3 atom stereocenters. The van der Waals surface area contributed by atoms with E-state index in [9.17, 15) is 5.11 Å². The van der Waals surface area contributed by atoms with Gasteiger partial charge >= 0.3 is 0 Å². The molecule has 3 aromatic rings. The van der Waals surface area contributed by atoms with Crippen LogP contribution >= 0.6 is 0 Å². The zero-order valence-electron chi connectivity index (χ0n) is 18.0. The van der Waals surface area contributed by atoms with Gasteiger partial charge in [0.1, 0.15) is 0 Å². The number of benzene rings is 2. The maximum Gasteiger partial charge on any atom is 0.0702 e. The lowest BCUT2D eigenvalue weighted by Gasteiger charge is -2.29. The standard InChI is InChI=1S/C28H33NO/c1-3-5-6-10-17-25(23-14-8-7-9-15-23)26(28(30)13-4-2)20-22-19-24-16-11-12-18-27(24)29-21-22/h4,7-12,14-19,21,25-26,28,30H,2-3,5-6,13,20H2,1H3/b17-10+/t25-,26-,28?/m1/s1. The summed E-state index contributed by atoms with van der Waals surface area (Å²) in [4.78, 5) is 4.64. The molecule has 0 bridgehead atoms. The van der Waals surface area contributed by atoms with Gasteiger partial charge in [-0.05, 0) is 48.4 Å². The molecule has 1 N–H and O–H groups in total. The minimum absolute atomic E-state index is 0.0474. The van der Waals surface area contributed by atoms with Crippen LogP contribution in [0.2, 0.25) is 0 Å². The minimum atomic E-state index is -0.463. The number of fused-ring (bicyclic) bond motifs is 1. The van der Waals surface area contributed by atoms with Crippen LogP contribution in [0.1, 0.15) is 49.7 Å². The highest BCUT2D eigenvalue weighted by molar-refractivity contribution is 5.78. The number of nitrogens with zero attached hydrogens (tertiary/aromatic N) is 1. The van der Waals surface area contributed by atoms with Gasteiger partial charge in [0.25, 0.3) is 0 Å². The number of pyridine rings is 1. The van der Waals surface area contributed by atoms with E-state index in [1.54, 1.807) is 0 Å². The Kier molecular flexibility index (Phi) is 8.41. The molecule has 0 saturated heterocycles. The first-order valence-corrected chi connectivity index (χ1v) is 11.1. The summed E-state index contributed by atoms with van der Waals surface area (Å²) in [6.07, 6.45) is 12.7. The van der Waals surface area contributed by atoms with Crippen LogP contribution in [0.4, 0.5) is 0 Å². The van der Waals surface area contributed by atoms with E-state index in [1.165, 1.54) is 18.4 Å². The van der Waals surface area contributed by atoms with E-state index >= 15 is 0 Å². The number of unbranched alkanes of at least 4 members (excludes halogenated alkanes) is 2. The summed E-state index contributed by atoms with van der Waals surface area (Å²) in [7, 11) is 0. The highest BCUT2D eigenvalue weighted by Crippen LogP contribution is 2.33. The van der Waals surface area contributed by atoms with Crippen molar-refractivity contribution >= 4 is 10.9 Å². The molecule has 0 aliphatic heterocycles. The van der Waals surface area contributed by atoms with Crippen LogP contribution in [0.15, 0.2) is 91.7 Å². The van der Waals surface area contributed by atoms with E-state index in [-0.39, 0.29) is 11.8 Å². The Morgan fingerprint density at radius 3 is 2.60 bits per heavy atom. The van der Waals surface area contributed by atoms with Gasteiger partial charge in [0.15, 0.2) is 0 Å². The second-order valence-corrected chi connectivity index (χ2v) is 8.00. The maximum absolute atomic E-state index is 11.1. The lowest BCUT2D eigenvalue weighted by molar-refractivity contribution is 0.102. The lowest BCUT2D eigenvalue weighted by atomic mass is 9.77. The quantitative estimate of drug-likeness (QED) is 0.282. The Balaban J connectivity index is 1.94. The highest BCUT2D eigenvalue weighted by Gasteiger charge is 2.27. The summed E-state index contributed by atoms with van der Waals surface area (Å²) in [5, 5.41) is 12.2. The highest BCUT2D eigenvalue weighted by atomic mass is 16.3. The number of hydrogen-bond donors (Lipinski definition) is 1. The SMILES string of the molecule is C=CCC(O)[C@H](Cc1cnc2ccccc2c1)[C@H](/C=C/CCCC)c1ccccc1. The van der Waals surface area contributed by atoms with Gasteiger partial charge in [0.05, 0.1) is 11.6 Å². The third kappa shape index (κ3) is 5.90. The van der Waals surface area contributed by atoms with Gasteiger partial charge in [0, 0.05) is 17.5 Å². The number of allylic oxidation sites excluding steroid dienone is 2. The monoisotopic (exact) mass is 399 g/mol. The van der Waals surface area contributed by atoms with Crippen molar-refractivity contribution < 1.29 is 5.11 Å². The maximum atomic E-state index is 11.1. The van der Waals surface area contributed by atoms with E-state index in [0.717, 1.165) is 29.3 Å². The molecule has 0 radical (unpaired) electrons. The van der Waals surface area contributed by atoms with Crippen molar-refractivity contribution in [2.24, 2.45) is 5.92 Å². The Morgan fingerprint density at radius 1 is 1.07 bits per heavy atom. The van der Waals surface area contributed by atoms with Crippen molar-refractivity contribution in [2.75, 3.05) is 0 Å². The summed E-state index contributed by atoms with van der Waals surface area (Å²) >= 11 is 0. The fourth-order valence-electron chi connectivity index (χ4n) is 4.09. The lowest BCUT2D eigenvalue weighted by Crippen LogP contribution is -2.28. The molecule has 3 rings (SSSR count). The van der Waals surface area contributed by atoms with Gasteiger partial charge in [-0.25, -0.2) is 0 Å². The fraction of sp³-hybridized carbons (Fsp3) is 0.321. The molecule has 0 aliphatic rings. The van der Waals surface area contributed by atoms with Gasteiger partial charge in [-0.1, -0.05) is 86.5 Å². The smallest absolute Gasteiger partial charge is 0.0702 e. The summed E-state index contributed by atoms with van der Waals surface area (Å²) < 4.78 is 0. The summed E-state index contributed by atoms with van der Waals surface area (Å²) in [6, 6.07) is 20.9. The second-order valence-electron chi connectivity index (χ2n) is 8.00. The van der Waals surface area contributed by atoms with Gasteiger partial charge in [-0.15, -0.1) is 6.58 Å². The average Bonchev–Trinajstić information content (AvgIpc) is 2.78. The van der Waals surface area contributed by atoms with Crippen molar-refractivity contribution in [3.05, 3.63) is 103 Å². The first-order chi connectivity index (χ1) is 14.7. The molecule has 0 aliphatic carbocycles. The van der Waals surface area contributed by atoms with Crippen LogP contribution in [0.3, 0.4) is 0 Å². The number of aromatic nitrogens is 1. The topological polar surface area (TPSA) is 33.1 Å². The number of aliphatic hydroxyl groups excluding tert-OH is 1. The Hall–Kier alpha value is -2.71. The number of aliphatic hydroxyl groups is 1. The van der Waals surface area contributed by atoms with E-state index < -0.39 is 6.10 Å². The van der Waals surface area contributed by atoms with E-state index in [0.29, 0.717) is 6.42 Å². The molecule has 1 unspecified atom stereocenters. The van der Waals surface area contributed by atoms with Crippen LogP contribution in [0.25, 0.3) is 10.9 Å². The molecule has 2 aromatic carbocycles. The Morgan fingerprint density at radius 2 is 1.83 bits per heavy atom. The van der Waals surface area contributed by atoms with Gasteiger partial charge in [0.2, 0.25) is 0 Å². The molecule has 156 valence electrons. The molecule has 0 fully saturated rings. The Bertz CT molecular complexity index is 947. The van der Waals surface area contributed by atoms with E-state index in [2.05, 4.69) is 67.0 Å². The third-order valence-corrected chi connectivity index (χ3v) is 5.73. The van der Waals surface area contributed by atoms with Crippen molar-refractivity contribution in [1.82, 2.24) is 4.98 Å². The van der Waals surface area contributed by atoms with Crippen LogP contribution in [-0.2, 0) is 6.42 Å². The number of hydrogen-bond acceptors (Lipinski definition) is 2. The minimum Gasteiger partial charge on any atom is -0.392 e. The van der Waals surface area contributed by atoms with E-state index in [1.807, 2.05) is 36.5 Å². The van der Waals surface area contributed by atoms with Crippen LogP contribution in [0, 0.1) is 5.92 Å². The largest absolute Gasteiger partial charge is 0.392 e. The molecule has 1 aromatic heterocycles. The zero-order valence-corrected chi connectivity index (χ0v) is 18.0. The molecule has 30 heavy (non-hydrogen) atoms. The van der Waals surface area contributed by atoms with Gasteiger partial charge in [-0.3, -0.25) is 4.98 Å². The van der Waals surface area contributed by atoms with Gasteiger partial charge in [-0.2, -0.15) is 0 Å². The normalized spacial score (nSPS) is 14.6. The third-order valence-electron chi connectivity index (χ3n) is 5.73. The van der Waals surface area contributed by atoms with Crippen molar-refractivity contribution in [3.63, 3.8) is 0 Å². The second kappa shape index (κ2) is 11.5. The molecule has 2 nitrogen and oxygen atoms in total.